The monoisotopic (exact) mass is 442 g/mol. The van der Waals surface area contributed by atoms with Gasteiger partial charge in [-0.25, -0.2) is 0 Å². The maximum Gasteiger partial charge on any atom is 0.234 e. The SMILES string of the molecule is CCc1ccc(-n2c(SCC(=O)Nc3c(C)cccc3C)nnc2-c2ccccc2)cc1. The first kappa shape index (κ1) is 21.8. The Kier molecular flexibility index (Phi) is 6.71. The first-order valence-electron chi connectivity index (χ1n) is 10.7. The van der Waals surface area contributed by atoms with Crippen LogP contribution in [0.3, 0.4) is 0 Å². The van der Waals surface area contributed by atoms with E-state index in [1.54, 1.807) is 0 Å². The molecule has 0 saturated heterocycles. The maximum atomic E-state index is 12.7. The number of hydrogen-bond donors (Lipinski definition) is 1. The van der Waals surface area contributed by atoms with Crippen LogP contribution in [0.4, 0.5) is 5.69 Å². The molecule has 162 valence electrons. The van der Waals surface area contributed by atoms with Gasteiger partial charge in [0, 0.05) is 16.9 Å². The zero-order chi connectivity index (χ0) is 22.5. The largest absolute Gasteiger partial charge is 0.325 e. The molecule has 0 aliphatic rings. The number of para-hydroxylation sites is 1. The lowest BCUT2D eigenvalue weighted by molar-refractivity contribution is -0.113. The quantitative estimate of drug-likeness (QED) is 0.365. The van der Waals surface area contributed by atoms with E-state index in [0.29, 0.717) is 5.16 Å². The number of benzene rings is 3. The molecule has 0 unspecified atom stereocenters. The molecule has 0 spiro atoms. The van der Waals surface area contributed by atoms with Gasteiger partial charge in [-0.3, -0.25) is 9.36 Å². The van der Waals surface area contributed by atoms with Crippen LogP contribution in [-0.2, 0) is 11.2 Å². The fraction of sp³-hybridized carbons (Fsp3) is 0.192. The topological polar surface area (TPSA) is 59.8 Å². The summed E-state index contributed by atoms with van der Waals surface area (Å²) < 4.78 is 2.02. The Bertz CT molecular complexity index is 1200. The van der Waals surface area contributed by atoms with Gasteiger partial charge in [0.15, 0.2) is 11.0 Å². The zero-order valence-electron chi connectivity index (χ0n) is 18.5. The smallest absolute Gasteiger partial charge is 0.234 e. The van der Waals surface area contributed by atoms with Gasteiger partial charge < -0.3 is 5.32 Å². The van der Waals surface area contributed by atoms with Gasteiger partial charge in [0.25, 0.3) is 0 Å². The number of rotatable bonds is 7. The first-order chi connectivity index (χ1) is 15.6. The minimum absolute atomic E-state index is 0.0652. The number of nitrogens with zero attached hydrogens (tertiary/aromatic N) is 3. The molecule has 1 N–H and O–H groups in total. The Morgan fingerprint density at radius 1 is 0.906 bits per heavy atom. The Hall–Kier alpha value is -3.38. The van der Waals surface area contributed by atoms with E-state index in [1.165, 1.54) is 17.3 Å². The molecule has 0 fully saturated rings. The van der Waals surface area contributed by atoms with Crippen molar-refractivity contribution in [2.45, 2.75) is 32.3 Å². The molecular weight excluding hydrogens is 416 g/mol. The molecule has 4 rings (SSSR count). The maximum absolute atomic E-state index is 12.7. The highest BCUT2D eigenvalue weighted by molar-refractivity contribution is 7.99. The highest BCUT2D eigenvalue weighted by Gasteiger charge is 2.17. The number of carbonyl (C=O) groups is 1. The van der Waals surface area contributed by atoms with Crippen LogP contribution < -0.4 is 5.32 Å². The molecule has 0 aliphatic carbocycles. The third-order valence-electron chi connectivity index (χ3n) is 5.35. The van der Waals surface area contributed by atoms with Crippen molar-refractivity contribution < 1.29 is 4.79 Å². The van der Waals surface area contributed by atoms with E-state index in [2.05, 4.69) is 46.7 Å². The second-order valence-corrected chi connectivity index (χ2v) is 8.57. The van der Waals surface area contributed by atoms with Gasteiger partial charge in [-0.05, 0) is 49.1 Å². The molecule has 1 amide bonds. The van der Waals surface area contributed by atoms with E-state index >= 15 is 0 Å². The Morgan fingerprint density at radius 3 is 2.25 bits per heavy atom. The highest BCUT2D eigenvalue weighted by atomic mass is 32.2. The van der Waals surface area contributed by atoms with Crippen molar-refractivity contribution in [1.82, 2.24) is 14.8 Å². The summed E-state index contributed by atoms with van der Waals surface area (Å²) in [6.07, 6.45) is 0.980. The lowest BCUT2D eigenvalue weighted by Gasteiger charge is -2.12. The lowest BCUT2D eigenvalue weighted by Crippen LogP contribution is -2.16. The molecule has 5 nitrogen and oxygen atoms in total. The average Bonchev–Trinajstić information content (AvgIpc) is 3.25. The van der Waals surface area contributed by atoms with Crippen molar-refractivity contribution in [3.63, 3.8) is 0 Å². The molecule has 6 heteroatoms. The van der Waals surface area contributed by atoms with Crippen molar-refractivity contribution in [3.05, 3.63) is 89.5 Å². The standard InChI is InChI=1S/C26H26N4OS/c1-4-20-13-15-22(16-14-20)30-25(21-11-6-5-7-12-21)28-29-26(30)32-17-23(31)27-24-18(2)9-8-10-19(24)3/h5-16H,4,17H2,1-3H3,(H,27,31). The third kappa shape index (κ3) is 4.75. The predicted octanol–water partition coefficient (Wildman–Crippen LogP) is 5.84. The molecule has 0 atom stereocenters. The van der Waals surface area contributed by atoms with Gasteiger partial charge in [0.05, 0.1) is 5.75 Å². The van der Waals surface area contributed by atoms with Gasteiger partial charge in [-0.15, -0.1) is 10.2 Å². The van der Waals surface area contributed by atoms with Crippen molar-refractivity contribution in [1.29, 1.82) is 0 Å². The van der Waals surface area contributed by atoms with E-state index in [4.69, 9.17) is 0 Å². The summed E-state index contributed by atoms with van der Waals surface area (Å²) in [5, 5.41) is 12.6. The van der Waals surface area contributed by atoms with Crippen molar-refractivity contribution in [2.24, 2.45) is 0 Å². The van der Waals surface area contributed by atoms with Crippen LogP contribution in [0.5, 0.6) is 0 Å². The minimum Gasteiger partial charge on any atom is -0.325 e. The molecule has 32 heavy (non-hydrogen) atoms. The second-order valence-electron chi connectivity index (χ2n) is 7.63. The van der Waals surface area contributed by atoms with Crippen LogP contribution in [0.2, 0.25) is 0 Å². The summed E-state index contributed by atoms with van der Waals surface area (Å²) in [5.74, 6) is 0.936. The molecule has 0 bridgehead atoms. The number of nitrogens with one attached hydrogen (secondary N) is 1. The summed E-state index contributed by atoms with van der Waals surface area (Å²) >= 11 is 1.38. The van der Waals surface area contributed by atoms with E-state index in [1.807, 2.05) is 66.9 Å². The van der Waals surface area contributed by atoms with Crippen LogP contribution >= 0.6 is 11.8 Å². The van der Waals surface area contributed by atoms with E-state index in [9.17, 15) is 4.79 Å². The van der Waals surface area contributed by atoms with Gasteiger partial charge in [0.1, 0.15) is 0 Å². The minimum atomic E-state index is -0.0652. The Labute approximate surface area is 192 Å². The summed E-state index contributed by atoms with van der Waals surface area (Å²) in [4.78, 5) is 12.7. The Morgan fingerprint density at radius 2 is 1.59 bits per heavy atom. The normalized spacial score (nSPS) is 10.8. The summed E-state index contributed by atoms with van der Waals surface area (Å²) in [6.45, 7) is 6.14. The number of amides is 1. The molecule has 0 aliphatic heterocycles. The van der Waals surface area contributed by atoms with Crippen LogP contribution in [0.25, 0.3) is 17.1 Å². The molecule has 4 aromatic rings. The fourth-order valence-electron chi connectivity index (χ4n) is 3.57. The van der Waals surface area contributed by atoms with E-state index in [0.717, 1.165) is 40.3 Å². The zero-order valence-corrected chi connectivity index (χ0v) is 19.3. The fourth-order valence-corrected chi connectivity index (χ4v) is 4.32. The Balaban J connectivity index is 1.61. The van der Waals surface area contributed by atoms with Crippen LogP contribution in [-0.4, -0.2) is 26.4 Å². The first-order valence-corrected chi connectivity index (χ1v) is 11.6. The lowest BCUT2D eigenvalue weighted by atomic mass is 10.1. The van der Waals surface area contributed by atoms with E-state index in [-0.39, 0.29) is 11.7 Å². The molecule has 1 aromatic heterocycles. The second kappa shape index (κ2) is 9.83. The highest BCUT2D eigenvalue weighted by Crippen LogP contribution is 2.28. The van der Waals surface area contributed by atoms with Crippen molar-refractivity contribution >= 4 is 23.4 Å². The number of thioether (sulfide) groups is 1. The van der Waals surface area contributed by atoms with E-state index < -0.39 is 0 Å². The van der Waals surface area contributed by atoms with Crippen molar-refractivity contribution in [2.75, 3.05) is 11.1 Å². The average molecular weight is 443 g/mol. The summed E-state index contributed by atoms with van der Waals surface area (Å²) in [7, 11) is 0. The molecule has 0 saturated carbocycles. The van der Waals surface area contributed by atoms with Gasteiger partial charge in [-0.1, -0.05) is 79.3 Å². The number of aryl methyl sites for hydroxylation is 3. The molecule has 3 aromatic carbocycles. The predicted molar refractivity (Wildman–Crippen MR) is 131 cm³/mol. The van der Waals surface area contributed by atoms with Gasteiger partial charge in [-0.2, -0.15) is 0 Å². The summed E-state index contributed by atoms with van der Waals surface area (Å²) in [6, 6.07) is 24.4. The van der Waals surface area contributed by atoms with Crippen LogP contribution in [0, 0.1) is 13.8 Å². The van der Waals surface area contributed by atoms with Gasteiger partial charge in [0.2, 0.25) is 5.91 Å². The molecule has 0 radical (unpaired) electrons. The molecular formula is C26H26N4OS. The number of carbonyl (C=O) groups excluding carboxylic acids is 1. The summed E-state index contributed by atoms with van der Waals surface area (Å²) in [5.41, 5.74) is 6.20. The van der Waals surface area contributed by atoms with Gasteiger partial charge >= 0.3 is 0 Å². The van der Waals surface area contributed by atoms with Crippen LogP contribution in [0.1, 0.15) is 23.6 Å². The number of aromatic nitrogens is 3. The van der Waals surface area contributed by atoms with Crippen LogP contribution in [0.15, 0.2) is 78.0 Å². The molecule has 1 heterocycles. The van der Waals surface area contributed by atoms with Crippen molar-refractivity contribution in [3.8, 4) is 17.1 Å². The number of anilines is 1. The third-order valence-corrected chi connectivity index (χ3v) is 6.27. The number of hydrogen-bond acceptors (Lipinski definition) is 4.